The lowest BCUT2D eigenvalue weighted by atomic mass is 9.97. The summed E-state index contributed by atoms with van der Waals surface area (Å²) in [6.07, 6.45) is 9.73. The fraction of sp³-hybridized carbons (Fsp3) is 0.400. The maximum Gasteiger partial charge on any atom is 0.257 e. The van der Waals surface area contributed by atoms with Crippen LogP contribution in [0.25, 0.3) is 11.4 Å². The summed E-state index contributed by atoms with van der Waals surface area (Å²) in [5.41, 5.74) is 2.12. The molecule has 1 aliphatic rings. The molecule has 0 saturated carbocycles. The summed E-state index contributed by atoms with van der Waals surface area (Å²) in [4.78, 5) is 27.5. The molecule has 0 radical (unpaired) electrons. The molecule has 3 aromatic rings. The highest BCUT2D eigenvalue weighted by Crippen LogP contribution is 2.21. The van der Waals surface area contributed by atoms with Crippen molar-refractivity contribution in [1.82, 2.24) is 34.8 Å². The second-order valence-electron chi connectivity index (χ2n) is 7.04. The molecule has 0 spiro atoms. The van der Waals surface area contributed by atoms with E-state index < -0.39 is 0 Å². The molecule has 0 N–H and O–H groups in total. The van der Waals surface area contributed by atoms with Gasteiger partial charge in [-0.3, -0.25) is 14.5 Å². The molecule has 8 heteroatoms. The number of hydrogen-bond donors (Lipinski definition) is 0. The molecule has 28 heavy (non-hydrogen) atoms. The Morgan fingerprint density at radius 3 is 2.79 bits per heavy atom. The lowest BCUT2D eigenvalue weighted by Crippen LogP contribution is -2.41. The quantitative estimate of drug-likeness (QED) is 0.677. The van der Waals surface area contributed by atoms with E-state index in [0.717, 1.165) is 49.6 Å². The van der Waals surface area contributed by atoms with Gasteiger partial charge in [-0.1, -0.05) is 18.2 Å². The fourth-order valence-electron chi connectivity index (χ4n) is 3.51. The Morgan fingerprint density at radius 2 is 2.04 bits per heavy atom. The number of aromatic nitrogens is 6. The van der Waals surface area contributed by atoms with E-state index in [0.29, 0.717) is 18.0 Å². The molecular formula is C20H23N7O. The van der Waals surface area contributed by atoms with Crippen molar-refractivity contribution in [2.24, 2.45) is 5.92 Å². The van der Waals surface area contributed by atoms with Gasteiger partial charge in [0.1, 0.15) is 11.5 Å². The Balaban J connectivity index is 1.40. The minimum Gasteiger partial charge on any atom is -0.338 e. The number of amides is 1. The summed E-state index contributed by atoms with van der Waals surface area (Å²) in [5, 5.41) is 8.46. The fourth-order valence-corrected chi connectivity index (χ4v) is 3.51. The number of pyridine rings is 1. The van der Waals surface area contributed by atoms with Crippen molar-refractivity contribution in [1.29, 1.82) is 0 Å². The molecule has 1 atom stereocenters. The number of aryl methyl sites for hydroxylation is 1. The molecule has 1 aliphatic heterocycles. The van der Waals surface area contributed by atoms with Gasteiger partial charge in [0.05, 0.1) is 17.5 Å². The molecule has 3 aromatic heterocycles. The summed E-state index contributed by atoms with van der Waals surface area (Å²) in [7, 11) is 0. The third kappa shape index (κ3) is 4.05. The SMILES string of the molecule is CCc1ncc(C(=O)N2CCC[C@H](Cn3cc(-c4ccccn4)nn3)C2)cn1. The van der Waals surface area contributed by atoms with E-state index >= 15 is 0 Å². The van der Waals surface area contributed by atoms with E-state index in [1.807, 2.05) is 40.9 Å². The zero-order chi connectivity index (χ0) is 19.3. The van der Waals surface area contributed by atoms with Crippen molar-refractivity contribution in [2.45, 2.75) is 32.7 Å². The summed E-state index contributed by atoms with van der Waals surface area (Å²) < 4.78 is 1.85. The van der Waals surface area contributed by atoms with Gasteiger partial charge in [0.2, 0.25) is 0 Å². The van der Waals surface area contributed by atoms with Crippen LogP contribution in [0.2, 0.25) is 0 Å². The standard InChI is InChI=1S/C20H23N7O/c1-2-19-22-10-16(11-23-19)20(28)26-9-5-6-15(12-26)13-27-14-18(24-25-27)17-7-3-4-8-21-17/h3-4,7-8,10-11,14-15H,2,5-6,9,12-13H2,1H3/t15-/m0/s1. The van der Waals surface area contributed by atoms with Gasteiger partial charge < -0.3 is 4.90 Å². The molecule has 4 rings (SSSR count). The van der Waals surface area contributed by atoms with Crippen molar-refractivity contribution in [3.05, 3.63) is 54.4 Å². The maximum atomic E-state index is 12.8. The monoisotopic (exact) mass is 377 g/mol. The predicted molar refractivity (Wildman–Crippen MR) is 103 cm³/mol. The lowest BCUT2D eigenvalue weighted by Gasteiger charge is -2.32. The average molecular weight is 377 g/mol. The van der Waals surface area contributed by atoms with E-state index in [1.165, 1.54) is 0 Å². The normalized spacial score (nSPS) is 16.9. The Hall–Kier alpha value is -3.16. The first-order valence-corrected chi connectivity index (χ1v) is 9.64. The smallest absolute Gasteiger partial charge is 0.257 e. The third-order valence-corrected chi connectivity index (χ3v) is 4.99. The van der Waals surface area contributed by atoms with Gasteiger partial charge >= 0.3 is 0 Å². The summed E-state index contributed by atoms with van der Waals surface area (Å²) in [6.45, 7) is 4.19. The van der Waals surface area contributed by atoms with Gasteiger partial charge in [-0.15, -0.1) is 5.10 Å². The van der Waals surface area contributed by atoms with Crippen LogP contribution in [-0.4, -0.2) is 53.8 Å². The number of piperidine rings is 1. The van der Waals surface area contributed by atoms with Crippen molar-refractivity contribution in [3.8, 4) is 11.4 Å². The third-order valence-electron chi connectivity index (χ3n) is 4.99. The number of carbonyl (C=O) groups excluding carboxylic acids is 1. The van der Waals surface area contributed by atoms with Crippen LogP contribution in [0.3, 0.4) is 0 Å². The van der Waals surface area contributed by atoms with E-state index in [9.17, 15) is 4.79 Å². The predicted octanol–water partition coefficient (Wildman–Crippen LogP) is 2.24. The van der Waals surface area contributed by atoms with Crippen LogP contribution in [0.5, 0.6) is 0 Å². The summed E-state index contributed by atoms with van der Waals surface area (Å²) >= 11 is 0. The van der Waals surface area contributed by atoms with Crippen molar-refractivity contribution in [2.75, 3.05) is 13.1 Å². The molecule has 1 fully saturated rings. The van der Waals surface area contributed by atoms with Crippen molar-refractivity contribution >= 4 is 5.91 Å². The van der Waals surface area contributed by atoms with Gasteiger partial charge in [0.15, 0.2) is 0 Å². The highest BCUT2D eigenvalue weighted by atomic mass is 16.2. The molecule has 0 aliphatic carbocycles. The number of hydrogen-bond acceptors (Lipinski definition) is 6. The van der Waals surface area contributed by atoms with E-state index in [-0.39, 0.29) is 5.91 Å². The minimum absolute atomic E-state index is 0.000109. The zero-order valence-electron chi connectivity index (χ0n) is 15.9. The Bertz CT molecular complexity index is 923. The second-order valence-corrected chi connectivity index (χ2v) is 7.04. The molecule has 0 aromatic carbocycles. The summed E-state index contributed by atoms with van der Waals surface area (Å²) in [6, 6.07) is 5.73. The van der Waals surface area contributed by atoms with Gasteiger partial charge in [-0.2, -0.15) is 0 Å². The molecule has 1 saturated heterocycles. The van der Waals surface area contributed by atoms with E-state index in [1.54, 1.807) is 18.6 Å². The van der Waals surface area contributed by atoms with Gasteiger partial charge in [-0.25, -0.2) is 9.97 Å². The zero-order valence-corrected chi connectivity index (χ0v) is 15.9. The maximum absolute atomic E-state index is 12.8. The van der Waals surface area contributed by atoms with Crippen LogP contribution in [0.15, 0.2) is 43.0 Å². The van der Waals surface area contributed by atoms with Crippen molar-refractivity contribution < 1.29 is 4.79 Å². The van der Waals surface area contributed by atoms with E-state index in [4.69, 9.17) is 0 Å². The minimum atomic E-state index is 0.000109. The second kappa shape index (κ2) is 8.24. The van der Waals surface area contributed by atoms with E-state index in [2.05, 4.69) is 25.3 Å². The number of carbonyl (C=O) groups is 1. The van der Waals surface area contributed by atoms with Gasteiger partial charge in [0, 0.05) is 44.6 Å². The highest BCUT2D eigenvalue weighted by molar-refractivity contribution is 5.93. The molecule has 1 amide bonds. The summed E-state index contributed by atoms with van der Waals surface area (Å²) in [5.74, 6) is 1.09. The van der Waals surface area contributed by atoms with Crippen LogP contribution in [-0.2, 0) is 13.0 Å². The number of likely N-dealkylation sites (tertiary alicyclic amines) is 1. The Morgan fingerprint density at radius 1 is 1.18 bits per heavy atom. The lowest BCUT2D eigenvalue weighted by molar-refractivity contribution is 0.0658. The van der Waals surface area contributed by atoms with Gasteiger partial charge in [0.25, 0.3) is 5.91 Å². The molecule has 8 nitrogen and oxygen atoms in total. The molecule has 144 valence electrons. The number of rotatable bonds is 5. The molecular weight excluding hydrogens is 354 g/mol. The van der Waals surface area contributed by atoms with Crippen LogP contribution < -0.4 is 0 Å². The number of nitrogens with zero attached hydrogens (tertiary/aromatic N) is 7. The van der Waals surface area contributed by atoms with Crippen LogP contribution in [0.4, 0.5) is 0 Å². The van der Waals surface area contributed by atoms with Crippen molar-refractivity contribution in [3.63, 3.8) is 0 Å². The van der Waals surface area contributed by atoms with Gasteiger partial charge in [-0.05, 0) is 30.9 Å². The molecule has 0 unspecified atom stereocenters. The largest absolute Gasteiger partial charge is 0.338 e. The Kier molecular flexibility index (Phi) is 5.36. The topological polar surface area (TPSA) is 89.7 Å². The first kappa shape index (κ1) is 18.2. The molecule has 4 heterocycles. The molecule has 0 bridgehead atoms. The van der Waals surface area contributed by atoms with Crippen LogP contribution in [0, 0.1) is 5.92 Å². The highest BCUT2D eigenvalue weighted by Gasteiger charge is 2.25. The first-order chi connectivity index (χ1) is 13.7. The average Bonchev–Trinajstić information content (AvgIpc) is 3.22. The first-order valence-electron chi connectivity index (χ1n) is 9.64. The Labute approximate surface area is 163 Å². The van der Waals surface area contributed by atoms with Crippen LogP contribution >= 0.6 is 0 Å². The van der Waals surface area contributed by atoms with Crippen LogP contribution in [0.1, 0.15) is 35.9 Å².